The largest absolute Gasteiger partial charge is 3.00 e. The molecule has 0 heterocycles. The van der Waals surface area contributed by atoms with Crippen molar-refractivity contribution in [1.29, 1.82) is 0 Å². The summed E-state index contributed by atoms with van der Waals surface area (Å²) in [5.41, 5.74) is 0. The first-order chi connectivity index (χ1) is 2.00. The van der Waals surface area contributed by atoms with Gasteiger partial charge >= 0.3 is 19.8 Å². The zero-order valence-corrected chi connectivity index (χ0v) is 9.85. The Balaban J connectivity index is -0.0000000800. The predicted octanol–water partition coefficient (Wildman–Crippen LogP) is -3.59. The van der Waals surface area contributed by atoms with E-state index in [2.05, 4.69) is 0 Å². The van der Waals surface area contributed by atoms with Crippen molar-refractivity contribution in [2.24, 2.45) is 0 Å². The van der Waals surface area contributed by atoms with E-state index in [4.69, 9.17) is 19.2 Å². The van der Waals surface area contributed by atoms with Crippen molar-refractivity contribution in [3.05, 3.63) is 0 Å². The second kappa shape index (κ2) is 5.75. The first-order valence-corrected chi connectivity index (χ1v) is 2.19. The van der Waals surface area contributed by atoms with Crippen LogP contribution in [0.15, 0.2) is 0 Å². The fourth-order valence-corrected chi connectivity index (χ4v) is 0. The molecule has 0 aromatic carbocycles. The Labute approximate surface area is 72.4 Å². The van der Waals surface area contributed by atoms with Crippen molar-refractivity contribution in [2.75, 3.05) is 0 Å². The molecule has 3 radical (unpaired) electrons. The van der Waals surface area contributed by atoms with E-state index < -0.39 is 7.82 Å². The van der Waals surface area contributed by atoms with Crippen LogP contribution in [0.1, 0.15) is 0 Å². The van der Waals surface area contributed by atoms with Gasteiger partial charge in [-0.25, -0.2) is 0 Å². The van der Waals surface area contributed by atoms with E-state index in [1.54, 1.807) is 0 Å². The molecule has 4 nitrogen and oxygen atoms in total. The van der Waals surface area contributed by atoms with Gasteiger partial charge in [-0.2, -0.15) is 7.82 Å². The van der Waals surface area contributed by atoms with Crippen LogP contribution in [0.5, 0.6) is 0 Å². The van der Waals surface area contributed by atoms with Gasteiger partial charge in [-0.15, -0.1) is 0 Å². The van der Waals surface area contributed by atoms with Gasteiger partial charge in [0.1, 0.15) is 0 Å². The minimum Gasteiger partial charge on any atom is -0.822 e. The average molecular weight is 280 g/mol. The van der Waals surface area contributed by atoms with Gasteiger partial charge in [0.15, 0.2) is 0 Å². The van der Waals surface area contributed by atoms with Crippen molar-refractivity contribution < 1.29 is 19.2 Å². The summed E-state index contributed by atoms with van der Waals surface area (Å²) in [6, 6.07) is 0. The van der Waals surface area contributed by atoms with Crippen molar-refractivity contribution >= 4 is 53.5 Å². The SMILES string of the molecule is O=P([O-])([O-])[O-].[Ga+3].[In]. The fourth-order valence-electron chi connectivity index (χ4n) is 0. The van der Waals surface area contributed by atoms with Crippen molar-refractivity contribution in [3.63, 3.8) is 0 Å². The van der Waals surface area contributed by atoms with E-state index in [0.29, 0.717) is 0 Å². The molecule has 0 aliphatic carbocycles. The molecule has 0 saturated carbocycles. The van der Waals surface area contributed by atoms with Gasteiger partial charge in [-0.1, -0.05) is 0 Å². The van der Waals surface area contributed by atoms with Gasteiger partial charge in [-0.3, -0.25) is 0 Å². The molecule has 0 amide bonds. The number of rotatable bonds is 0. The van der Waals surface area contributed by atoms with E-state index in [9.17, 15) is 0 Å². The molecule has 35 valence electrons. The molecule has 0 unspecified atom stereocenters. The summed E-state index contributed by atoms with van der Waals surface area (Å²) in [5.74, 6) is 0. The van der Waals surface area contributed by atoms with Crippen molar-refractivity contribution in [1.82, 2.24) is 0 Å². The van der Waals surface area contributed by atoms with Crippen LogP contribution in [0.4, 0.5) is 0 Å². The fraction of sp³-hybridized carbons (Fsp3) is 0. The molecular weight excluding hydrogens is 280 g/mol. The summed E-state index contributed by atoms with van der Waals surface area (Å²) in [4.78, 5) is 25.6. The molecule has 0 aliphatic heterocycles. The zero-order valence-electron chi connectivity index (χ0n) is 3.23. The van der Waals surface area contributed by atoms with Crippen LogP contribution in [0.3, 0.4) is 0 Å². The van der Waals surface area contributed by atoms with E-state index in [1.165, 1.54) is 0 Å². The molecular formula is GaInO4P. The molecule has 0 fully saturated rings. The Hall–Kier alpha value is 1.62. The summed E-state index contributed by atoms with van der Waals surface area (Å²) < 4.78 is 8.55. The van der Waals surface area contributed by atoms with Crippen LogP contribution in [0, 0.1) is 0 Å². The zero-order chi connectivity index (χ0) is 4.50. The molecule has 0 atom stereocenters. The second-order valence-electron chi connectivity index (χ2n) is 0.447. The maximum atomic E-state index is 8.55. The number of hydrogen-bond donors (Lipinski definition) is 0. The summed E-state index contributed by atoms with van der Waals surface area (Å²) >= 11 is 0. The number of hydrogen-bond acceptors (Lipinski definition) is 4. The summed E-state index contributed by atoms with van der Waals surface area (Å²) in [6.07, 6.45) is 0. The normalized spacial score (nSPS) is 8.43. The molecule has 0 spiro atoms. The summed E-state index contributed by atoms with van der Waals surface area (Å²) in [7, 11) is -5.39. The minimum atomic E-state index is -5.39. The molecule has 0 aromatic heterocycles. The van der Waals surface area contributed by atoms with Gasteiger partial charge in [0.2, 0.25) is 0 Å². The van der Waals surface area contributed by atoms with Crippen molar-refractivity contribution in [2.45, 2.75) is 0 Å². The first kappa shape index (κ1) is 15.8. The van der Waals surface area contributed by atoms with Crippen molar-refractivity contribution in [3.8, 4) is 0 Å². The first-order valence-electron chi connectivity index (χ1n) is 0.730. The Morgan fingerprint density at radius 1 is 1.14 bits per heavy atom. The van der Waals surface area contributed by atoms with E-state index >= 15 is 0 Å². The average Bonchev–Trinajstić information content (AvgIpc) is 0.722. The standard InChI is InChI=1S/Ga.In.H3O4P/c;;1-5(2,3)4/h;;(H3,1,2,3,4)/q+3;;/p-3. The minimum absolute atomic E-state index is 0. The maximum Gasteiger partial charge on any atom is 3.00 e. The van der Waals surface area contributed by atoms with E-state index in [-0.39, 0.29) is 45.6 Å². The Kier molecular flexibility index (Phi) is 13.0. The predicted molar refractivity (Wildman–Crippen MR) is 19.1 cm³/mol. The molecule has 0 bridgehead atoms. The maximum absolute atomic E-state index is 8.55. The smallest absolute Gasteiger partial charge is 0.822 e. The Bertz CT molecular complexity index is 57.8. The topological polar surface area (TPSA) is 86.2 Å². The molecule has 0 N–H and O–H groups in total. The molecule has 0 aromatic rings. The van der Waals surface area contributed by atoms with Gasteiger partial charge in [0, 0.05) is 25.8 Å². The van der Waals surface area contributed by atoms with Crippen LogP contribution < -0.4 is 14.7 Å². The van der Waals surface area contributed by atoms with Gasteiger partial charge in [0.25, 0.3) is 0 Å². The molecule has 0 rings (SSSR count). The van der Waals surface area contributed by atoms with Gasteiger partial charge in [-0.05, 0) is 0 Å². The van der Waals surface area contributed by atoms with E-state index in [1.807, 2.05) is 0 Å². The van der Waals surface area contributed by atoms with Crippen LogP contribution >= 0.6 is 7.82 Å². The van der Waals surface area contributed by atoms with Gasteiger partial charge in [0.05, 0.1) is 0 Å². The third-order valence-corrected chi connectivity index (χ3v) is 0. The van der Waals surface area contributed by atoms with E-state index in [0.717, 1.165) is 0 Å². The van der Waals surface area contributed by atoms with Crippen LogP contribution in [0.2, 0.25) is 0 Å². The summed E-state index contributed by atoms with van der Waals surface area (Å²) in [5, 5.41) is 0. The third-order valence-electron chi connectivity index (χ3n) is 0. The molecule has 7 heteroatoms. The monoisotopic (exact) mass is 279 g/mol. The van der Waals surface area contributed by atoms with Crippen LogP contribution in [0.25, 0.3) is 0 Å². The van der Waals surface area contributed by atoms with Crippen LogP contribution in [-0.2, 0) is 4.57 Å². The van der Waals surface area contributed by atoms with Gasteiger partial charge < -0.3 is 19.2 Å². The van der Waals surface area contributed by atoms with Crippen LogP contribution in [-0.4, -0.2) is 45.6 Å². The molecule has 0 aliphatic rings. The summed E-state index contributed by atoms with van der Waals surface area (Å²) in [6.45, 7) is 0. The number of phosphoric acid groups is 1. The Morgan fingerprint density at radius 2 is 1.14 bits per heavy atom. The third kappa shape index (κ3) is 91.9. The molecule has 7 heavy (non-hydrogen) atoms. The second-order valence-corrected chi connectivity index (χ2v) is 1.34. The quantitative estimate of drug-likeness (QED) is 0.339. The Morgan fingerprint density at radius 3 is 1.14 bits per heavy atom. The molecule has 0 saturated heterocycles.